The fourth-order valence-electron chi connectivity index (χ4n) is 7.38. The van der Waals surface area contributed by atoms with Gasteiger partial charge < -0.3 is 9.80 Å². The number of piperazine rings is 2. The SMILES string of the molecule is CC(CCC(C)N1CC2CCC(C1)N2c1cnn(C)c1)N1CC2CCC(C1)N2c1ccnc(F)c1. The quantitative estimate of drug-likeness (QED) is 0.564. The molecule has 35 heavy (non-hydrogen) atoms. The minimum absolute atomic E-state index is 0.374. The van der Waals surface area contributed by atoms with Crippen LogP contribution in [0.25, 0.3) is 0 Å². The third-order valence-corrected chi connectivity index (χ3v) is 9.27. The van der Waals surface area contributed by atoms with Crippen molar-refractivity contribution in [3.05, 3.63) is 36.7 Å². The van der Waals surface area contributed by atoms with Crippen molar-refractivity contribution < 1.29 is 4.39 Å². The fourth-order valence-corrected chi connectivity index (χ4v) is 7.38. The molecule has 8 heteroatoms. The number of pyridine rings is 1. The van der Waals surface area contributed by atoms with Crippen molar-refractivity contribution in [1.29, 1.82) is 0 Å². The van der Waals surface area contributed by atoms with E-state index in [-0.39, 0.29) is 5.95 Å². The van der Waals surface area contributed by atoms with E-state index in [0.717, 1.165) is 18.8 Å². The zero-order valence-electron chi connectivity index (χ0n) is 21.4. The van der Waals surface area contributed by atoms with Crippen LogP contribution < -0.4 is 9.80 Å². The number of hydrogen-bond donors (Lipinski definition) is 0. The summed E-state index contributed by atoms with van der Waals surface area (Å²) in [5.74, 6) is -0.374. The van der Waals surface area contributed by atoms with Crippen molar-refractivity contribution in [2.45, 2.75) is 88.6 Å². The lowest BCUT2D eigenvalue weighted by Gasteiger charge is -2.46. The molecule has 6 heterocycles. The first-order chi connectivity index (χ1) is 17.0. The van der Waals surface area contributed by atoms with Crippen molar-refractivity contribution in [2.75, 3.05) is 36.0 Å². The summed E-state index contributed by atoms with van der Waals surface area (Å²) in [4.78, 5) is 14.3. The Labute approximate surface area is 208 Å². The number of likely N-dealkylation sites (tertiary alicyclic amines) is 2. The van der Waals surface area contributed by atoms with E-state index in [1.54, 1.807) is 12.3 Å². The van der Waals surface area contributed by atoms with Gasteiger partial charge in [0.05, 0.1) is 11.9 Å². The number of aryl methyl sites for hydroxylation is 1. The molecule has 4 aliphatic heterocycles. The Balaban J connectivity index is 1.02. The molecule has 6 atom stereocenters. The molecule has 0 spiro atoms. The van der Waals surface area contributed by atoms with Crippen molar-refractivity contribution in [3.63, 3.8) is 0 Å². The first kappa shape index (κ1) is 23.2. The highest BCUT2D eigenvalue weighted by Crippen LogP contribution is 2.37. The van der Waals surface area contributed by atoms with Gasteiger partial charge in [0.25, 0.3) is 0 Å². The number of anilines is 2. The zero-order chi connectivity index (χ0) is 24.1. The molecule has 6 unspecified atom stereocenters. The molecule has 0 saturated carbocycles. The second-order valence-corrected chi connectivity index (χ2v) is 11.5. The van der Waals surface area contributed by atoms with Gasteiger partial charge in [-0.1, -0.05) is 0 Å². The summed E-state index contributed by atoms with van der Waals surface area (Å²) in [5, 5.41) is 4.41. The smallest absolute Gasteiger partial charge is 0.214 e. The first-order valence-corrected chi connectivity index (χ1v) is 13.6. The molecule has 0 N–H and O–H groups in total. The van der Waals surface area contributed by atoms with Gasteiger partial charge in [0.15, 0.2) is 0 Å². The van der Waals surface area contributed by atoms with Crippen LogP contribution in [0, 0.1) is 5.95 Å². The highest BCUT2D eigenvalue weighted by molar-refractivity contribution is 5.50. The average molecular weight is 482 g/mol. The van der Waals surface area contributed by atoms with Crippen molar-refractivity contribution >= 4 is 11.4 Å². The van der Waals surface area contributed by atoms with Gasteiger partial charge >= 0.3 is 0 Å². The maximum Gasteiger partial charge on any atom is 0.214 e. The Kier molecular flexibility index (Phi) is 6.21. The summed E-state index contributed by atoms with van der Waals surface area (Å²) in [6.07, 6.45) is 13.3. The van der Waals surface area contributed by atoms with Crippen LogP contribution in [0.15, 0.2) is 30.7 Å². The summed E-state index contributed by atoms with van der Waals surface area (Å²) in [5.41, 5.74) is 2.30. The van der Waals surface area contributed by atoms with Gasteiger partial charge in [-0.15, -0.1) is 0 Å². The fraction of sp³-hybridized carbons (Fsp3) is 0.704. The number of halogens is 1. The van der Waals surface area contributed by atoms with Gasteiger partial charge in [-0.3, -0.25) is 14.5 Å². The highest BCUT2D eigenvalue weighted by Gasteiger charge is 2.43. The Morgan fingerprint density at radius 1 is 0.857 bits per heavy atom. The molecule has 4 aliphatic rings. The van der Waals surface area contributed by atoms with Crippen molar-refractivity contribution in [3.8, 4) is 0 Å². The van der Waals surface area contributed by atoms with Gasteiger partial charge in [-0.25, -0.2) is 4.98 Å². The van der Waals surface area contributed by atoms with E-state index < -0.39 is 0 Å². The lowest BCUT2D eigenvalue weighted by atomic mass is 10.0. The van der Waals surface area contributed by atoms with E-state index in [1.165, 1.54) is 57.3 Å². The van der Waals surface area contributed by atoms with Crippen molar-refractivity contribution in [2.24, 2.45) is 7.05 Å². The van der Waals surface area contributed by atoms with Crippen LogP contribution in [0.3, 0.4) is 0 Å². The summed E-state index contributed by atoms with van der Waals surface area (Å²) >= 11 is 0. The number of aromatic nitrogens is 3. The van der Waals surface area contributed by atoms with Gasteiger partial charge in [0.2, 0.25) is 5.95 Å². The molecule has 4 fully saturated rings. The van der Waals surface area contributed by atoms with Crippen LogP contribution in [0.2, 0.25) is 0 Å². The molecule has 0 amide bonds. The molecule has 7 nitrogen and oxygen atoms in total. The van der Waals surface area contributed by atoms with Crippen LogP contribution in [-0.2, 0) is 7.05 Å². The molecule has 4 saturated heterocycles. The topological polar surface area (TPSA) is 43.7 Å². The Morgan fingerprint density at radius 2 is 1.37 bits per heavy atom. The van der Waals surface area contributed by atoms with Crippen LogP contribution in [0.4, 0.5) is 15.8 Å². The van der Waals surface area contributed by atoms with Gasteiger partial charge in [0.1, 0.15) is 0 Å². The second kappa shape index (κ2) is 9.36. The van der Waals surface area contributed by atoms with Gasteiger partial charge in [-0.2, -0.15) is 9.49 Å². The Hall–Kier alpha value is -2.19. The van der Waals surface area contributed by atoms with Crippen LogP contribution in [0.5, 0.6) is 0 Å². The molecule has 6 rings (SSSR count). The van der Waals surface area contributed by atoms with E-state index >= 15 is 0 Å². The Bertz CT molecular complexity index is 998. The standard InChI is InChI=1S/C27H40FN7/c1-19(32-15-22-6-7-23(16-32)34(22)21-10-11-29-27(28)12-21)4-5-20(2)33-17-24-8-9-25(18-33)35(24)26-13-30-31(3)14-26/h10-14,19-20,22-25H,4-9,15-18H2,1-3H3. The van der Waals surface area contributed by atoms with E-state index in [9.17, 15) is 4.39 Å². The third-order valence-electron chi connectivity index (χ3n) is 9.27. The summed E-state index contributed by atoms with van der Waals surface area (Å²) < 4.78 is 15.7. The van der Waals surface area contributed by atoms with Crippen molar-refractivity contribution in [1.82, 2.24) is 24.6 Å². The van der Waals surface area contributed by atoms with E-state index in [4.69, 9.17) is 0 Å². The molecule has 0 radical (unpaired) electrons. The first-order valence-electron chi connectivity index (χ1n) is 13.6. The molecule has 0 aromatic carbocycles. The van der Waals surface area contributed by atoms with Gasteiger partial charge in [-0.05, 0) is 58.4 Å². The summed E-state index contributed by atoms with van der Waals surface area (Å²) in [6.45, 7) is 9.37. The van der Waals surface area contributed by atoms with E-state index in [0.29, 0.717) is 36.3 Å². The average Bonchev–Trinajstić information content (AvgIpc) is 3.47. The van der Waals surface area contributed by atoms with Crippen LogP contribution in [0.1, 0.15) is 52.4 Å². The molecular weight excluding hydrogens is 441 g/mol. The predicted molar refractivity (Wildman–Crippen MR) is 137 cm³/mol. The monoisotopic (exact) mass is 481 g/mol. The molecule has 0 aliphatic carbocycles. The number of hydrogen-bond acceptors (Lipinski definition) is 6. The molecule has 2 aromatic rings. The normalized spacial score (nSPS) is 30.7. The molecule has 4 bridgehead atoms. The predicted octanol–water partition coefficient (Wildman–Crippen LogP) is 3.52. The largest absolute Gasteiger partial charge is 0.363 e. The summed E-state index contributed by atoms with van der Waals surface area (Å²) in [7, 11) is 2.01. The van der Waals surface area contributed by atoms with E-state index in [2.05, 4.69) is 49.7 Å². The number of rotatable bonds is 7. The zero-order valence-corrected chi connectivity index (χ0v) is 21.4. The maximum absolute atomic E-state index is 13.7. The van der Waals surface area contributed by atoms with Gasteiger partial charge in [0, 0.05) is 93.6 Å². The second-order valence-electron chi connectivity index (χ2n) is 11.5. The highest BCUT2D eigenvalue weighted by atomic mass is 19.1. The molecule has 190 valence electrons. The summed E-state index contributed by atoms with van der Waals surface area (Å²) in [6, 6.07) is 7.01. The third kappa shape index (κ3) is 4.44. The number of fused-ring (bicyclic) bond motifs is 4. The van der Waals surface area contributed by atoms with Crippen LogP contribution in [-0.4, -0.2) is 87.0 Å². The number of nitrogens with zero attached hydrogens (tertiary/aromatic N) is 7. The lowest BCUT2D eigenvalue weighted by molar-refractivity contribution is 0.128. The Morgan fingerprint density at radius 3 is 1.83 bits per heavy atom. The molecule has 2 aromatic heterocycles. The lowest BCUT2D eigenvalue weighted by Crippen LogP contribution is -2.57. The van der Waals surface area contributed by atoms with Crippen LogP contribution >= 0.6 is 0 Å². The van der Waals surface area contributed by atoms with E-state index in [1.807, 2.05) is 24.0 Å². The maximum atomic E-state index is 13.7. The molecular formula is C27H40FN7. The minimum Gasteiger partial charge on any atom is -0.363 e. The minimum atomic E-state index is -0.374.